The Bertz CT molecular complexity index is 212. The van der Waals surface area contributed by atoms with Crippen LogP contribution in [0.25, 0.3) is 0 Å². The maximum atomic E-state index is 4.04. The van der Waals surface area contributed by atoms with Gasteiger partial charge in [-0.05, 0) is 19.0 Å². The van der Waals surface area contributed by atoms with Crippen molar-refractivity contribution in [1.29, 1.82) is 0 Å². The third-order valence-corrected chi connectivity index (χ3v) is 2.85. The Balaban J connectivity index is 2.11. The molecule has 1 unspecified atom stereocenters. The zero-order valence-electron chi connectivity index (χ0n) is 8.08. The van der Waals surface area contributed by atoms with E-state index in [1.807, 2.05) is 0 Å². The van der Waals surface area contributed by atoms with Crippen LogP contribution in [0.2, 0.25) is 0 Å². The Morgan fingerprint density at radius 2 is 2.54 bits per heavy atom. The molecule has 0 fully saturated rings. The molecule has 0 saturated carbocycles. The molecule has 0 spiro atoms. The normalized spacial score (nSPS) is 13.1. The highest BCUT2D eigenvalue weighted by Crippen LogP contribution is 2.14. The summed E-state index contributed by atoms with van der Waals surface area (Å²) in [5.74, 6) is 1.73. The molecule has 0 aromatic carbocycles. The Labute approximate surface area is 82.9 Å². The number of aromatic amines is 1. The smallest absolute Gasteiger partial charge is 0.183 e. The van der Waals surface area contributed by atoms with Crippen molar-refractivity contribution in [2.75, 3.05) is 18.8 Å². The molecule has 2 N–H and O–H groups in total. The fourth-order valence-electron chi connectivity index (χ4n) is 0.935. The lowest BCUT2D eigenvalue weighted by Gasteiger charge is -2.09. The van der Waals surface area contributed by atoms with Crippen molar-refractivity contribution < 1.29 is 0 Å². The Morgan fingerprint density at radius 1 is 1.69 bits per heavy atom. The second kappa shape index (κ2) is 5.99. The zero-order valence-corrected chi connectivity index (χ0v) is 8.90. The van der Waals surface area contributed by atoms with Gasteiger partial charge in [-0.2, -0.15) is 5.10 Å². The van der Waals surface area contributed by atoms with Crippen LogP contribution >= 0.6 is 11.8 Å². The van der Waals surface area contributed by atoms with Crippen LogP contribution < -0.4 is 5.32 Å². The first-order chi connectivity index (χ1) is 6.33. The molecule has 1 heterocycles. The average Bonchev–Trinajstić information content (AvgIpc) is 2.64. The van der Waals surface area contributed by atoms with Crippen LogP contribution in [0.4, 0.5) is 0 Å². The lowest BCUT2D eigenvalue weighted by atomic mass is 10.2. The van der Waals surface area contributed by atoms with E-state index in [2.05, 4.69) is 34.3 Å². The number of H-pyrrole nitrogens is 1. The summed E-state index contributed by atoms with van der Waals surface area (Å²) in [4.78, 5) is 4.04. The minimum Gasteiger partial charge on any atom is -0.317 e. The summed E-state index contributed by atoms with van der Waals surface area (Å²) in [6, 6.07) is 0. The third kappa shape index (κ3) is 4.28. The number of hydrogen-bond donors (Lipinski definition) is 2. The van der Waals surface area contributed by atoms with Gasteiger partial charge < -0.3 is 5.32 Å². The first-order valence-corrected chi connectivity index (χ1v) is 5.50. The maximum Gasteiger partial charge on any atom is 0.183 e. The van der Waals surface area contributed by atoms with Gasteiger partial charge in [0.2, 0.25) is 0 Å². The van der Waals surface area contributed by atoms with E-state index >= 15 is 0 Å². The molecule has 0 radical (unpaired) electrons. The van der Waals surface area contributed by atoms with E-state index in [9.17, 15) is 0 Å². The van der Waals surface area contributed by atoms with Crippen molar-refractivity contribution in [1.82, 2.24) is 20.5 Å². The molecule has 5 heteroatoms. The molecular formula is C8H16N4S. The van der Waals surface area contributed by atoms with Gasteiger partial charge in [-0.15, -0.1) is 0 Å². The highest BCUT2D eigenvalue weighted by Gasteiger charge is 2.03. The van der Waals surface area contributed by atoms with Crippen molar-refractivity contribution in [3.63, 3.8) is 0 Å². The van der Waals surface area contributed by atoms with Gasteiger partial charge in [0.1, 0.15) is 6.33 Å². The second-order valence-corrected chi connectivity index (χ2v) is 4.02. The highest BCUT2D eigenvalue weighted by molar-refractivity contribution is 7.99. The van der Waals surface area contributed by atoms with Gasteiger partial charge in [-0.1, -0.05) is 25.6 Å². The van der Waals surface area contributed by atoms with Crippen LogP contribution in [0, 0.1) is 5.92 Å². The van der Waals surface area contributed by atoms with Gasteiger partial charge in [-0.3, -0.25) is 5.10 Å². The molecule has 0 amide bonds. The van der Waals surface area contributed by atoms with Gasteiger partial charge in [0.05, 0.1) is 0 Å². The van der Waals surface area contributed by atoms with Crippen LogP contribution in [0.5, 0.6) is 0 Å². The molecule has 1 atom stereocenters. The minimum atomic E-state index is 0.662. The first kappa shape index (κ1) is 10.5. The van der Waals surface area contributed by atoms with Crippen LogP contribution in [-0.2, 0) is 0 Å². The van der Waals surface area contributed by atoms with Gasteiger partial charge in [-0.25, -0.2) is 4.98 Å². The van der Waals surface area contributed by atoms with E-state index in [-0.39, 0.29) is 0 Å². The van der Waals surface area contributed by atoms with E-state index in [0.717, 1.165) is 24.0 Å². The number of aromatic nitrogens is 3. The fourth-order valence-corrected chi connectivity index (χ4v) is 1.73. The second-order valence-electron chi connectivity index (χ2n) is 3.01. The molecule has 0 bridgehead atoms. The predicted molar refractivity (Wildman–Crippen MR) is 54.8 cm³/mol. The van der Waals surface area contributed by atoms with Crippen LogP contribution in [0.1, 0.15) is 13.8 Å². The highest BCUT2D eigenvalue weighted by atomic mass is 32.2. The summed E-state index contributed by atoms with van der Waals surface area (Å²) in [5.41, 5.74) is 0. The predicted octanol–water partition coefficient (Wildman–Crippen LogP) is 1.14. The Kier molecular flexibility index (Phi) is 4.85. The SMILES string of the molecule is CCNCC(C)CSc1ncn[nH]1. The van der Waals surface area contributed by atoms with E-state index in [4.69, 9.17) is 0 Å². The van der Waals surface area contributed by atoms with Crippen LogP contribution in [-0.4, -0.2) is 34.0 Å². The monoisotopic (exact) mass is 200 g/mol. The maximum absolute atomic E-state index is 4.04. The lowest BCUT2D eigenvalue weighted by Crippen LogP contribution is -2.21. The number of thioether (sulfide) groups is 1. The molecule has 1 aromatic rings. The van der Waals surface area contributed by atoms with Gasteiger partial charge >= 0.3 is 0 Å². The third-order valence-electron chi connectivity index (χ3n) is 1.64. The minimum absolute atomic E-state index is 0.662. The number of rotatable bonds is 6. The summed E-state index contributed by atoms with van der Waals surface area (Å²) < 4.78 is 0. The van der Waals surface area contributed by atoms with E-state index in [1.54, 1.807) is 11.8 Å². The molecule has 0 aliphatic rings. The summed E-state index contributed by atoms with van der Waals surface area (Å²) in [6.07, 6.45) is 1.54. The van der Waals surface area contributed by atoms with E-state index in [1.165, 1.54) is 6.33 Å². The quantitative estimate of drug-likeness (QED) is 0.676. The van der Waals surface area contributed by atoms with Crippen molar-refractivity contribution >= 4 is 11.8 Å². The van der Waals surface area contributed by atoms with E-state index in [0.29, 0.717) is 5.92 Å². The molecule has 1 aromatic heterocycles. The summed E-state index contributed by atoms with van der Waals surface area (Å²) in [6.45, 7) is 6.46. The number of nitrogens with one attached hydrogen (secondary N) is 2. The largest absolute Gasteiger partial charge is 0.317 e. The summed E-state index contributed by atoms with van der Waals surface area (Å²) in [7, 11) is 0. The average molecular weight is 200 g/mol. The topological polar surface area (TPSA) is 53.6 Å². The molecule has 1 rings (SSSR count). The Morgan fingerprint density at radius 3 is 3.15 bits per heavy atom. The summed E-state index contributed by atoms with van der Waals surface area (Å²) in [5, 5.41) is 10.8. The van der Waals surface area contributed by atoms with Gasteiger partial charge in [0.15, 0.2) is 5.16 Å². The van der Waals surface area contributed by atoms with Crippen molar-refractivity contribution in [2.45, 2.75) is 19.0 Å². The molecule has 13 heavy (non-hydrogen) atoms. The van der Waals surface area contributed by atoms with E-state index < -0.39 is 0 Å². The summed E-state index contributed by atoms with van der Waals surface area (Å²) >= 11 is 1.72. The number of nitrogens with zero attached hydrogens (tertiary/aromatic N) is 2. The van der Waals surface area contributed by atoms with Crippen molar-refractivity contribution in [3.8, 4) is 0 Å². The zero-order chi connectivity index (χ0) is 9.52. The van der Waals surface area contributed by atoms with Crippen LogP contribution in [0.3, 0.4) is 0 Å². The fraction of sp³-hybridized carbons (Fsp3) is 0.750. The number of hydrogen-bond acceptors (Lipinski definition) is 4. The molecule has 4 nitrogen and oxygen atoms in total. The molecular weight excluding hydrogens is 184 g/mol. The standard InChI is InChI=1S/C8H16N4S/c1-3-9-4-7(2)5-13-8-10-6-11-12-8/h6-7,9H,3-5H2,1-2H3,(H,10,11,12). The van der Waals surface area contributed by atoms with Crippen LogP contribution in [0.15, 0.2) is 11.5 Å². The Hall–Kier alpha value is -0.550. The molecule has 0 saturated heterocycles. The van der Waals surface area contributed by atoms with Gasteiger partial charge in [0.25, 0.3) is 0 Å². The van der Waals surface area contributed by atoms with Gasteiger partial charge in [0, 0.05) is 5.75 Å². The molecule has 0 aliphatic heterocycles. The first-order valence-electron chi connectivity index (χ1n) is 4.51. The van der Waals surface area contributed by atoms with Crippen molar-refractivity contribution in [3.05, 3.63) is 6.33 Å². The van der Waals surface area contributed by atoms with Crippen molar-refractivity contribution in [2.24, 2.45) is 5.92 Å². The lowest BCUT2D eigenvalue weighted by molar-refractivity contribution is 0.573. The molecule has 0 aliphatic carbocycles. The molecule has 74 valence electrons.